The summed E-state index contributed by atoms with van der Waals surface area (Å²) in [5, 5.41) is 4.26. The molecular weight excluding hydrogens is 352 g/mol. The van der Waals surface area contributed by atoms with Crippen LogP contribution in [0.3, 0.4) is 0 Å². The fraction of sp³-hybridized carbons (Fsp3) is 0.400. The second-order valence-corrected chi connectivity index (χ2v) is 7.05. The number of aromatic nitrogens is 3. The van der Waals surface area contributed by atoms with Crippen LogP contribution in [0.2, 0.25) is 0 Å². The van der Waals surface area contributed by atoms with Crippen molar-refractivity contribution in [2.75, 3.05) is 0 Å². The summed E-state index contributed by atoms with van der Waals surface area (Å²) >= 11 is 0. The molecule has 1 aromatic carbocycles. The van der Waals surface area contributed by atoms with Gasteiger partial charge in [-0.2, -0.15) is 0 Å². The second kappa shape index (κ2) is 7.13. The van der Waals surface area contributed by atoms with Crippen LogP contribution in [0, 0.1) is 18.6 Å². The molecule has 0 radical (unpaired) electrons. The lowest BCUT2D eigenvalue weighted by atomic mass is 10.1. The number of oxazole rings is 1. The van der Waals surface area contributed by atoms with Crippen LogP contribution in [0.5, 0.6) is 5.88 Å². The highest BCUT2D eigenvalue weighted by Crippen LogP contribution is 2.34. The summed E-state index contributed by atoms with van der Waals surface area (Å²) in [4.78, 5) is 4.51. The molecule has 1 aliphatic rings. The third-order valence-electron chi connectivity index (χ3n) is 4.96. The summed E-state index contributed by atoms with van der Waals surface area (Å²) in [7, 11) is 1.72. The van der Waals surface area contributed by atoms with E-state index >= 15 is 0 Å². The zero-order chi connectivity index (χ0) is 19.0. The molecule has 4 rings (SSSR count). The number of rotatable bonds is 5. The van der Waals surface area contributed by atoms with Crippen LogP contribution in [-0.2, 0) is 13.7 Å². The van der Waals surface area contributed by atoms with Gasteiger partial charge in [-0.3, -0.25) is 4.68 Å². The van der Waals surface area contributed by atoms with Crippen LogP contribution >= 0.6 is 0 Å². The van der Waals surface area contributed by atoms with Gasteiger partial charge < -0.3 is 9.15 Å². The molecule has 0 bridgehead atoms. The monoisotopic (exact) mass is 373 g/mol. The lowest BCUT2D eigenvalue weighted by molar-refractivity contribution is 0.287. The molecule has 2 aromatic heterocycles. The fourth-order valence-electron chi connectivity index (χ4n) is 3.51. The summed E-state index contributed by atoms with van der Waals surface area (Å²) in [6, 6.07) is 2.34. The molecular formula is C20H21F2N3O2. The molecule has 0 aliphatic heterocycles. The number of halogens is 2. The lowest BCUT2D eigenvalue weighted by Gasteiger charge is -2.07. The van der Waals surface area contributed by atoms with Crippen molar-refractivity contribution in [2.45, 2.75) is 45.1 Å². The van der Waals surface area contributed by atoms with Gasteiger partial charge in [0.05, 0.1) is 5.56 Å². The van der Waals surface area contributed by atoms with E-state index < -0.39 is 11.6 Å². The fourth-order valence-corrected chi connectivity index (χ4v) is 3.51. The Hall–Kier alpha value is -2.70. The van der Waals surface area contributed by atoms with E-state index in [9.17, 15) is 8.78 Å². The molecule has 0 N–H and O–H groups in total. The zero-order valence-electron chi connectivity index (χ0n) is 15.3. The Bertz CT molecular complexity index is 958. The number of hydrogen-bond acceptors (Lipinski definition) is 4. The number of nitrogens with zero attached hydrogens (tertiary/aromatic N) is 3. The largest absolute Gasteiger partial charge is 0.470 e. The van der Waals surface area contributed by atoms with E-state index in [1.165, 1.54) is 23.6 Å². The first-order chi connectivity index (χ1) is 13.0. The summed E-state index contributed by atoms with van der Waals surface area (Å²) in [5.41, 5.74) is 1.75. The van der Waals surface area contributed by atoms with Crippen LogP contribution in [0.1, 0.15) is 48.7 Å². The predicted molar refractivity (Wildman–Crippen MR) is 95.3 cm³/mol. The van der Waals surface area contributed by atoms with Gasteiger partial charge in [-0.05, 0) is 31.4 Å². The van der Waals surface area contributed by atoms with Crippen LogP contribution < -0.4 is 4.74 Å². The van der Waals surface area contributed by atoms with Crippen molar-refractivity contribution in [1.29, 1.82) is 0 Å². The van der Waals surface area contributed by atoms with Crippen LogP contribution in [-0.4, -0.2) is 14.8 Å². The van der Waals surface area contributed by atoms with Gasteiger partial charge in [0.15, 0.2) is 5.89 Å². The average molecular weight is 373 g/mol. The topological polar surface area (TPSA) is 53.1 Å². The molecule has 0 unspecified atom stereocenters. The van der Waals surface area contributed by atoms with Gasteiger partial charge in [-0.25, -0.2) is 13.8 Å². The van der Waals surface area contributed by atoms with Crippen molar-refractivity contribution in [3.05, 3.63) is 53.4 Å². The van der Waals surface area contributed by atoms with Gasteiger partial charge >= 0.3 is 0 Å². The van der Waals surface area contributed by atoms with Crippen LogP contribution in [0.4, 0.5) is 8.78 Å². The smallest absolute Gasteiger partial charge is 0.241 e. The summed E-state index contributed by atoms with van der Waals surface area (Å²) < 4.78 is 40.8. The van der Waals surface area contributed by atoms with Crippen molar-refractivity contribution in [2.24, 2.45) is 7.05 Å². The van der Waals surface area contributed by atoms with Crippen LogP contribution in [0.25, 0.3) is 11.1 Å². The molecule has 27 heavy (non-hydrogen) atoms. The summed E-state index contributed by atoms with van der Waals surface area (Å²) in [5.74, 6) is 0.186. The van der Waals surface area contributed by atoms with Gasteiger partial charge in [0.2, 0.25) is 5.88 Å². The third kappa shape index (κ3) is 3.59. The standard InChI is InChI=1S/C20H21F2N3O2/c1-12-7-15(18(22)8-17(12)21)16-9-25(2)24-20(16)27-11-14-10-26-19(23-14)13-5-3-4-6-13/h7-10,13H,3-6,11H2,1-2H3. The maximum atomic E-state index is 14.3. The van der Waals surface area contributed by atoms with E-state index in [-0.39, 0.29) is 18.1 Å². The Morgan fingerprint density at radius 2 is 1.96 bits per heavy atom. The molecule has 3 aromatic rings. The van der Waals surface area contributed by atoms with Crippen molar-refractivity contribution in [3.63, 3.8) is 0 Å². The van der Waals surface area contributed by atoms with E-state index in [0.717, 1.165) is 24.8 Å². The highest BCUT2D eigenvalue weighted by molar-refractivity contribution is 5.69. The minimum Gasteiger partial charge on any atom is -0.470 e. The van der Waals surface area contributed by atoms with Gasteiger partial charge in [-0.15, -0.1) is 5.10 Å². The quantitative estimate of drug-likeness (QED) is 0.638. The van der Waals surface area contributed by atoms with Crippen molar-refractivity contribution in [3.8, 4) is 17.0 Å². The lowest BCUT2D eigenvalue weighted by Crippen LogP contribution is -2.00. The molecule has 0 atom stereocenters. The van der Waals surface area contributed by atoms with Gasteiger partial charge in [0.25, 0.3) is 0 Å². The van der Waals surface area contributed by atoms with E-state index in [1.807, 2.05) is 0 Å². The molecule has 1 saturated carbocycles. The number of aryl methyl sites for hydroxylation is 2. The minimum atomic E-state index is -0.652. The highest BCUT2D eigenvalue weighted by atomic mass is 19.1. The molecule has 0 spiro atoms. The normalized spacial score (nSPS) is 14.8. The Morgan fingerprint density at radius 3 is 2.74 bits per heavy atom. The van der Waals surface area contributed by atoms with E-state index in [0.29, 0.717) is 22.7 Å². The summed E-state index contributed by atoms with van der Waals surface area (Å²) in [6.07, 6.45) is 7.87. The molecule has 1 aliphatic carbocycles. The van der Waals surface area contributed by atoms with Crippen molar-refractivity contribution < 1.29 is 17.9 Å². The predicted octanol–water partition coefficient (Wildman–Crippen LogP) is 4.90. The molecule has 2 heterocycles. The Morgan fingerprint density at radius 1 is 1.19 bits per heavy atom. The first-order valence-corrected chi connectivity index (χ1v) is 9.08. The molecule has 5 nitrogen and oxygen atoms in total. The molecule has 0 saturated heterocycles. The summed E-state index contributed by atoms with van der Waals surface area (Å²) in [6.45, 7) is 1.76. The van der Waals surface area contributed by atoms with E-state index in [1.54, 1.807) is 26.4 Å². The number of benzene rings is 1. The Balaban J connectivity index is 1.54. The minimum absolute atomic E-state index is 0.169. The van der Waals surface area contributed by atoms with Crippen molar-refractivity contribution in [1.82, 2.24) is 14.8 Å². The Kier molecular flexibility index (Phi) is 4.68. The molecule has 1 fully saturated rings. The van der Waals surface area contributed by atoms with E-state index in [2.05, 4.69) is 10.1 Å². The molecule has 0 amide bonds. The Labute approximate surface area is 156 Å². The van der Waals surface area contributed by atoms with Crippen molar-refractivity contribution >= 4 is 0 Å². The first kappa shape index (κ1) is 17.7. The average Bonchev–Trinajstić information content (AvgIpc) is 3.36. The number of hydrogen-bond donors (Lipinski definition) is 0. The van der Waals surface area contributed by atoms with Gasteiger partial charge in [-0.1, -0.05) is 12.8 Å². The third-order valence-corrected chi connectivity index (χ3v) is 4.96. The van der Waals surface area contributed by atoms with Gasteiger partial charge in [0.1, 0.15) is 30.2 Å². The SMILES string of the molecule is Cc1cc(-c2cn(C)nc2OCc2coc(C3CCCC3)n2)c(F)cc1F. The zero-order valence-corrected chi connectivity index (χ0v) is 15.3. The first-order valence-electron chi connectivity index (χ1n) is 9.08. The van der Waals surface area contributed by atoms with Gasteiger partial charge in [0, 0.05) is 30.8 Å². The molecule has 142 valence electrons. The maximum Gasteiger partial charge on any atom is 0.241 e. The highest BCUT2D eigenvalue weighted by Gasteiger charge is 2.22. The van der Waals surface area contributed by atoms with E-state index in [4.69, 9.17) is 9.15 Å². The maximum absolute atomic E-state index is 14.3. The second-order valence-electron chi connectivity index (χ2n) is 7.05. The number of ether oxygens (including phenoxy) is 1. The van der Waals surface area contributed by atoms with Crippen LogP contribution in [0.15, 0.2) is 29.0 Å². The molecule has 7 heteroatoms.